The Morgan fingerprint density at radius 1 is 1.11 bits per heavy atom. The molecule has 0 bridgehead atoms. The number of hydrogen-bond acceptors (Lipinski definition) is 2. The molecule has 1 saturated carbocycles. The number of methoxy groups -OCH3 is 1. The zero-order valence-electron chi connectivity index (χ0n) is 10.9. The molecule has 1 amide bonds. The second kappa shape index (κ2) is 6.43. The van der Waals surface area contributed by atoms with Gasteiger partial charge in [-0.3, -0.25) is 4.79 Å². The molecule has 0 aromatic heterocycles. The minimum atomic E-state index is 0.0320. The van der Waals surface area contributed by atoms with Gasteiger partial charge in [-0.25, -0.2) is 0 Å². The largest absolute Gasteiger partial charge is 0.497 e. The minimum Gasteiger partial charge on any atom is -0.497 e. The van der Waals surface area contributed by atoms with E-state index in [-0.39, 0.29) is 5.91 Å². The molecule has 3 nitrogen and oxygen atoms in total. The molecule has 0 heterocycles. The standard InChI is InChI=1S/C15H21NO2/c1-18-14-10-8-12(9-11-14)15(17)16-13-6-4-2-3-5-7-13/h8-11,13H,2-7H2,1H3,(H,16,17). The fraction of sp³-hybridized carbons (Fsp3) is 0.533. The Morgan fingerprint density at radius 2 is 1.72 bits per heavy atom. The van der Waals surface area contributed by atoms with Crippen molar-refractivity contribution in [2.75, 3.05) is 7.11 Å². The van der Waals surface area contributed by atoms with Crippen molar-refractivity contribution >= 4 is 5.91 Å². The highest BCUT2D eigenvalue weighted by Gasteiger charge is 2.15. The molecule has 0 spiro atoms. The van der Waals surface area contributed by atoms with Crippen molar-refractivity contribution in [3.05, 3.63) is 29.8 Å². The monoisotopic (exact) mass is 247 g/mol. The number of amides is 1. The second-order valence-electron chi connectivity index (χ2n) is 4.89. The molecule has 0 radical (unpaired) electrons. The quantitative estimate of drug-likeness (QED) is 0.833. The van der Waals surface area contributed by atoms with Gasteiger partial charge in [0.1, 0.15) is 5.75 Å². The van der Waals surface area contributed by atoms with E-state index in [1.165, 1.54) is 25.7 Å². The Labute approximate surface area is 109 Å². The zero-order chi connectivity index (χ0) is 12.8. The summed E-state index contributed by atoms with van der Waals surface area (Å²) in [7, 11) is 1.63. The lowest BCUT2D eigenvalue weighted by Crippen LogP contribution is -2.34. The predicted molar refractivity (Wildman–Crippen MR) is 72.0 cm³/mol. The first-order chi connectivity index (χ1) is 8.79. The van der Waals surface area contributed by atoms with Gasteiger partial charge in [0, 0.05) is 11.6 Å². The zero-order valence-corrected chi connectivity index (χ0v) is 10.9. The van der Waals surface area contributed by atoms with E-state index in [1.807, 2.05) is 24.3 Å². The average Bonchev–Trinajstić information content (AvgIpc) is 2.67. The number of hydrogen-bond donors (Lipinski definition) is 1. The van der Waals surface area contributed by atoms with Crippen molar-refractivity contribution in [1.29, 1.82) is 0 Å². The summed E-state index contributed by atoms with van der Waals surface area (Å²) in [4.78, 5) is 12.1. The summed E-state index contributed by atoms with van der Waals surface area (Å²) < 4.78 is 5.08. The summed E-state index contributed by atoms with van der Waals surface area (Å²) in [5.74, 6) is 0.811. The maximum absolute atomic E-state index is 12.1. The Balaban J connectivity index is 1.93. The lowest BCUT2D eigenvalue weighted by molar-refractivity contribution is 0.0933. The first-order valence-electron chi connectivity index (χ1n) is 6.74. The van der Waals surface area contributed by atoms with Crippen LogP contribution in [0.3, 0.4) is 0 Å². The fourth-order valence-electron chi connectivity index (χ4n) is 2.43. The van der Waals surface area contributed by atoms with Crippen molar-refractivity contribution in [2.24, 2.45) is 0 Å². The molecule has 1 aromatic rings. The van der Waals surface area contributed by atoms with Gasteiger partial charge in [-0.15, -0.1) is 0 Å². The third-order valence-corrected chi connectivity index (χ3v) is 3.54. The van der Waals surface area contributed by atoms with Crippen LogP contribution in [-0.2, 0) is 0 Å². The van der Waals surface area contributed by atoms with Gasteiger partial charge in [0.25, 0.3) is 5.91 Å². The summed E-state index contributed by atoms with van der Waals surface area (Å²) in [6.45, 7) is 0. The van der Waals surface area contributed by atoms with Crippen LogP contribution in [0.1, 0.15) is 48.9 Å². The lowest BCUT2D eigenvalue weighted by Gasteiger charge is -2.16. The number of nitrogens with one attached hydrogen (secondary N) is 1. The summed E-state index contributed by atoms with van der Waals surface area (Å²) in [6, 6.07) is 7.61. The van der Waals surface area contributed by atoms with Crippen molar-refractivity contribution in [2.45, 2.75) is 44.6 Å². The lowest BCUT2D eigenvalue weighted by atomic mass is 10.1. The number of carbonyl (C=O) groups excluding carboxylic acids is 1. The maximum Gasteiger partial charge on any atom is 0.251 e. The third kappa shape index (κ3) is 3.49. The number of rotatable bonds is 3. The van der Waals surface area contributed by atoms with Crippen LogP contribution in [0.2, 0.25) is 0 Å². The summed E-state index contributed by atoms with van der Waals surface area (Å²) in [5.41, 5.74) is 0.708. The van der Waals surface area contributed by atoms with E-state index in [4.69, 9.17) is 4.74 Å². The van der Waals surface area contributed by atoms with Crippen LogP contribution in [0, 0.1) is 0 Å². The highest BCUT2D eigenvalue weighted by molar-refractivity contribution is 5.94. The van der Waals surface area contributed by atoms with E-state index in [9.17, 15) is 4.79 Å². The van der Waals surface area contributed by atoms with Crippen LogP contribution in [-0.4, -0.2) is 19.1 Å². The molecule has 0 aliphatic heterocycles. The van der Waals surface area contributed by atoms with Crippen molar-refractivity contribution < 1.29 is 9.53 Å². The van der Waals surface area contributed by atoms with E-state index in [2.05, 4.69) is 5.32 Å². The maximum atomic E-state index is 12.1. The molecule has 0 unspecified atom stereocenters. The number of benzene rings is 1. The molecule has 2 rings (SSSR count). The van der Waals surface area contributed by atoms with Gasteiger partial charge < -0.3 is 10.1 Å². The first-order valence-corrected chi connectivity index (χ1v) is 6.74. The van der Waals surface area contributed by atoms with Crippen LogP contribution < -0.4 is 10.1 Å². The van der Waals surface area contributed by atoms with Gasteiger partial charge in [-0.2, -0.15) is 0 Å². The van der Waals surface area contributed by atoms with E-state index in [1.54, 1.807) is 7.11 Å². The van der Waals surface area contributed by atoms with Crippen LogP contribution >= 0.6 is 0 Å². The highest BCUT2D eigenvalue weighted by atomic mass is 16.5. The Kier molecular flexibility index (Phi) is 4.62. The van der Waals surface area contributed by atoms with Gasteiger partial charge in [0.15, 0.2) is 0 Å². The normalized spacial score (nSPS) is 16.9. The summed E-state index contributed by atoms with van der Waals surface area (Å²) >= 11 is 0. The number of carbonyl (C=O) groups is 1. The Hall–Kier alpha value is -1.51. The molecule has 1 aliphatic rings. The molecule has 1 fully saturated rings. The van der Waals surface area contributed by atoms with Crippen molar-refractivity contribution in [3.63, 3.8) is 0 Å². The van der Waals surface area contributed by atoms with Crippen LogP contribution in [0.5, 0.6) is 5.75 Å². The van der Waals surface area contributed by atoms with Gasteiger partial charge in [-0.1, -0.05) is 25.7 Å². The molecule has 1 N–H and O–H groups in total. The van der Waals surface area contributed by atoms with Gasteiger partial charge in [0.2, 0.25) is 0 Å². The fourth-order valence-corrected chi connectivity index (χ4v) is 2.43. The molecule has 3 heteroatoms. The van der Waals surface area contributed by atoms with Gasteiger partial charge >= 0.3 is 0 Å². The average molecular weight is 247 g/mol. The van der Waals surface area contributed by atoms with Gasteiger partial charge in [0.05, 0.1) is 7.11 Å². The molecule has 18 heavy (non-hydrogen) atoms. The van der Waals surface area contributed by atoms with Gasteiger partial charge in [-0.05, 0) is 37.1 Å². The van der Waals surface area contributed by atoms with E-state index in [0.29, 0.717) is 11.6 Å². The molecule has 1 aromatic carbocycles. The first kappa shape index (κ1) is 12.9. The van der Waals surface area contributed by atoms with E-state index < -0.39 is 0 Å². The van der Waals surface area contributed by atoms with Crippen LogP contribution in [0.15, 0.2) is 24.3 Å². The topological polar surface area (TPSA) is 38.3 Å². The smallest absolute Gasteiger partial charge is 0.251 e. The Bertz CT molecular complexity index is 378. The number of ether oxygens (including phenoxy) is 1. The summed E-state index contributed by atoms with van der Waals surface area (Å²) in [6.07, 6.45) is 7.29. The Morgan fingerprint density at radius 3 is 2.28 bits per heavy atom. The predicted octanol–water partition coefficient (Wildman–Crippen LogP) is 3.15. The molecule has 0 saturated heterocycles. The van der Waals surface area contributed by atoms with Crippen LogP contribution in [0.25, 0.3) is 0 Å². The highest BCUT2D eigenvalue weighted by Crippen LogP contribution is 2.18. The molecular formula is C15H21NO2. The van der Waals surface area contributed by atoms with Crippen LogP contribution in [0.4, 0.5) is 0 Å². The van der Waals surface area contributed by atoms with Crippen molar-refractivity contribution in [3.8, 4) is 5.75 Å². The van der Waals surface area contributed by atoms with Crippen molar-refractivity contribution in [1.82, 2.24) is 5.32 Å². The molecular weight excluding hydrogens is 226 g/mol. The minimum absolute atomic E-state index is 0.0320. The second-order valence-corrected chi connectivity index (χ2v) is 4.89. The van der Waals surface area contributed by atoms with E-state index in [0.717, 1.165) is 18.6 Å². The van der Waals surface area contributed by atoms with E-state index >= 15 is 0 Å². The molecule has 98 valence electrons. The third-order valence-electron chi connectivity index (χ3n) is 3.54. The summed E-state index contributed by atoms with van der Waals surface area (Å²) in [5, 5.41) is 3.13. The molecule has 0 atom stereocenters. The SMILES string of the molecule is COc1ccc(C(=O)NC2CCCCCC2)cc1. The molecule has 1 aliphatic carbocycles.